The van der Waals surface area contributed by atoms with E-state index >= 15 is 0 Å². The highest BCUT2D eigenvalue weighted by atomic mass is 31.2. The van der Waals surface area contributed by atoms with E-state index in [0.29, 0.717) is 25.3 Å². The van der Waals surface area contributed by atoms with Crippen molar-refractivity contribution in [1.29, 1.82) is 0 Å². The summed E-state index contributed by atoms with van der Waals surface area (Å²) in [5.74, 6) is -0.213. The lowest BCUT2D eigenvalue weighted by Gasteiger charge is -2.31. The molecule has 0 fully saturated rings. The third-order valence-electron chi connectivity index (χ3n) is 5.24. The SMILES string of the molecule is CCOC(=O)[C@H](C)OP(=O)(Cc1ccc2c(c1)CCN(C(=O)OC(C)(C)C)C2)Oc1ccccc1. The Morgan fingerprint density at radius 3 is 2.46 bits per heavy atom. The third-order valence-corrected chi connectivity index (χ3v) is 7.11. The van der Waals surface area contributed by atoms with Gasteiger partial charge in [0, 0.05) is 13.1 Å². The first-order chi connectivity index (χ1) is 16.5. The van der Waals surface area contributed by atoms with E-state index in [1.165, 1.54) is 6.92 Å². The Hall–Kier alpha value is -2.83. The van der Waals surface area contributed by atoms with Gasteiger partial charge in [-0.15, -0.1) is 0 Å². The second kappa shape index (κ2) is 11.3. The molecule has 190 valence electrons. The number of hydrogen-bond acceptors (Lipinski definition) is 7. The average Bonchev–Trinajstić information content (AvgIpc) is 2.78. The van der Waals surface area contributed by atoms with Crippen LogP contribution in [0.2, 0.25) is 0 Å². The molecular weight excluding hydrogens is 469 g/mol. The monoisotopic (exact) mass is 503 g/mol. The number of hydrogen-bond donors (Lipinski definition) is 0. The quantitative estimate of drug-likeness (QED) is 0.336. The van der Waals surface area contributed by atoms with E-state index in [4.69, 9.17) is 18.5 Å². The summed E-state index contributed by atoms with van der Waals surface area (Å²) in [5.41, 5.74) is 2.27. The van der Waals surface area contributed by atoms with E-state index < -0.39 is 25.3 Å². The van der Waals surface area contributed by atoms with Gasteiger partial charge >= 0.3 is 19.7 Å². The first-order valence-corrected chi connectivity index (χ1v) is 13.5. The minimum Gasteiger partial charge on any atom is -0.464 e. The van der Waals surface area contributed by atoms with Gasteiger partial charge in [-0.3, -0.25) is 4.52 Å². The molecule has 0 radical (unpaired) electrons. The number of esters is 1. The summed E-state index contributed by atoms with van der Waals surface area (Å²) < 4.78 is 35.8. The minimum absolute atomic E-state index is 0.0191. The van der Waals surface area contributed by atoms with E-state index in [2.05, 4.69) is 0 Å². The van der Waals surface area contributed by atoms with Gasteiger partial charge in [-0.2, -0.15) is 0 Å². The summed E-state index contributed by atoms with van der Waals surface area (Å²) in [6.45, 7) is 9.89. The zero-order valence-electron chi connectivity index (χ0n) is 21.0. The summed E-state index contributed by atoms with van der Waals surface area (Å²) >= 11 is 0. The molecule has 1 amide bonds. The molecular formula is C26H34NO7P. The van der Waals surface area contributed by atoms with Gasteiger partial charge in [0.05, 0.1) is 12.8 Å². The lowest BCUT2D eigenvalue weighted by Crippen LogP contribution is -2.39. The highest BCUT2D eigenvalue weighted by molar-refractivity contribution is 7.53. The van der Waals surface area contributed by atoms with Crippen LogP contribution in [-0.2, 0) is 42.5 Å². The van der Waals surface area contributed by atoms with Crippen LogP contribution < -0.4 is 4.52 Å². The number of nitrogens with zero attached hydrogens (tertiary/aromatic N) is 1. The van der Waals surface area contributed by atoms with E-state index in [-0.39, 0.29) is 18.9 Å². The Balaban J connectivity index is 1.77. The van der Waals surface area contributed by atoms with E-state index in [1.54, 1.807) is 36.1 Å². The molecule has 1 aliphatic rings. The van der Waals surface area contributed by atoms with Crippen LogP contribution in [0.15, 0.2) is 48.5 Å². The smallest absolute Gasteiger partial charge is 0.410 e. The summed E-state index contributed by atoms with van der Waals surface area (Å²) in [6.07, 6.45) is -0.764. The maximum Gasteiger partial charge on any atom is 0.410 e. The molecule has 0 N–H and O–H groups in total. The van der Waals surface area contributed by atoms with Gasteiger partial charge < -0.3 is 18.9 Å². The molecule has 3 rings (SSSR count). The predicted octanol–water partition coefficient (Wildman–Crippen LogP) is 5.72. The highest BCUT2D eigenvalue weighted by Crippen LogP contribution is 2.52. The van der Waals surface area contributed by atoms with Gasteiger partial charge in [0.1, 0.15) is 11.4 Å². The largest absolute Gasteiger partial charge is 0.464 e. The second-order valence-electron chi connectivity index (χ2n) is 9.43. The Morgan fingerprint density at radius 2 is 1.80 bits per heavy atom. The van der Waals surface area contributed by atoms with Gasteiger partial charge in [-0.25, -0.2) is 14.2 Å². The van der Waals surface area contributed by atoms with Gasteiger partial charge in [0.15, 0.2) is 6.10 Å². The molecule has 0 bridgehead atoms. The van der Waals surface area contributed by atoms with Gasteiger partial charge in [-0.05, 0) is 69.9 Å². The number of rotatable bonds is 8. The molecule has 8 nitrogen and oxygen atoms in total. The number of benzene rings is 2. The molecule has 0 aliphatic carbocycles. The molecule has 35 heavy (non-hydrogen) atoms. The summed E-state index contributed by atoms with van der Waals surface area (Å²) in [5, 5.41) is 0. The van der Waals surface area contributed by atoms with Crippen molar-refractivity contribution in [1.82, 2.24) is 4.90 Å². The maximum atomic E-state index is 13.8. The third kappa shape index (κ3) is 7.84. The Morgan fingerprint density at radius 1 is 1.09 bits per heavy atom. The van der Waals surface area contributed by atoms with Gasteiger partial charge in [0.2, 0.25) is 0 Å². The fourth-order valence-corrected chi connectivity index (χ4v) is 5.52. The van der Waals surface area contributed by atoms with E-state index in [0.717, 1.165) is 16.7 Å². The van der Waals surface area contributed by atoms with Crippen LogP contribution in [0.3, 0.4) is 0 Å². The zero-order valence-corrected chi connectivity index (χ0v) is 21.9. The Labute approximate surface area is 207 Å². The standard InChI is InChI=1S/C26H34NO7P/c1-6-31-24(28)19(2)33-35(30,34-23-10-8-7-9-11-23)18-20-12-13-22-17-27(15-14-21(22)16-20)25(29)32-26(3,4)5/h7-13,16,19H,6,14-15,17-18H2,1-5H3/t19-,35?/m0/s1. The predicted molar refractivity (Wildman–Crippen MR) is 132 cm³/mol. The minimum atomic E-state index is -3.77. The molecule has 0 spiro atoms. The first kappa shape index (κ1) is 26.8. The fourth-order valence-electron chi connectivity index (χ4n) is 3.69. The van der Waals surface area contributed by atoms with Crippen molar-refractivity contribution in [2.75, 3.05) is 13.2 Å². The zero-order chi connectivity index (χ0) is 25.6. The van der Waals surface area contributed by atoms with E-state index in [9.17, 15) is 14.2 Å². The summed E-state index contributed by atoms with van der Waals surface area (Å²) in [6, 6.07) is 14.4. The van der Waals surface area contributed by atoms with Crippen molar-refractivity contribution in [2.24, 2.45) is 0 Å². The van der Waals surface area contributed by atoms with Crippen molar-refractivity contribution < 1.29 is 32.7 Å². The van der Waals surface area contributed by atoms with Crippen molar-refractivity contribution in [3.8, 4) is 5.75 Å². The number of carbonyl (C=O) groups is 2. The van der Waals surface area contributed by atoms with Crippen LogP contribution in [-0.4, -0.2) is 41.8 Å². The van der Waals surface area contributed by atoms with Crippen molar-refractivity contribution in [2.45, 2.75) is 65.5 Å². The maximum absolute atomic E-state index is 13.8. The number of ether oxygens (including phenoxy) is 2. The Bertz CT molecular complexity index is 1080. The van der Waals surface area contributed by atoms with Crippen molar-refractivity contribution >= 4 is 19.7 Å². The van der Waals surface area contributed by atoms with Crippen LogP contribution in [0.4, 0.5) is 4.79 Å². The molecule has 0 saturated heterocycles. The second-order valence-corrected chi connectivity index (χ2v) is 11.4. The average molecular weight is 504 g/mol. The van der Waals surface area contributed by atoms with Crippen LogP contribution in [0.1, 0.15) is 51.3 Å². The van der Waals surface area contributed by atoms with Crippen LogP contribution in [0.25, 0.3) is 0 Å². The number of amides is 1. The molecule has 9 heteroatoms. The summed E-state index contributed by atoms with van der Waals surface area (Å²) in [4.78, 5) is 26.3. The van der Waals surface area contributed by atoms with Gasteiger partial charge in [-0.1, -0.05) is 36.4 Å². The van der Waals surface area contributed by atoms with Crippen LogP contribution >= 0.6 is 7.60 Å². The van der Waals surface area contributed by atoms with Crippen LogP contribution in [0, 0.1) is 0 Å². The molecule has 1 unspecified atom stereocenters. The molecule has 1 heterocycles. The number of para-hydroxylation sites is 1. The van der Waals surface area contributed by atoms with Crippen molar-refractivity contribution in [3.63, 3.8) is 0 Å². The molecule has 2 aromatic rings. The van der Waals surface area contributed by atoms with Gasteiger partial charge in [0.25, 0.3) is 0 Å². The molecule has 2 aromatic carbocycles. The number of fused-ring (bicyclic) bond motifs is 1. The molecule has 0 aromatic heterocycles. The molecule has 1 aliphatic heterocycles. The fraction of sp³-hybridized carbons (Fsp3) is 0.462. The molecule has 2 atom stereocenters. The van der Waals surface area contributed by atoms with Crippen LogP contribution in [0.5, 0.6) is 5.75 Å². The molecule has 0 saturated carbocycles. The lowest BCUT2D eigenvalue weighted by atomic mass is 9.98. The van der Waals surface area contributed by atoms with E-state index in [1.807, 2.05) is 45.0 Å². The normalized spacial score (nSPS) is 16.0. The summed E-state index contributed by atoms with van der Waals surface area (Å²) in [7, 11) is -3.77. The first-order valence-electron chi connectivity index (χ1n) is 11.8. The van der Waals surface area contributed by atoms with Crippen molar-refractivity contribution in [3.05, 3.63) is 65.2 Å². The number of carbonyl (C=O) groups excluding carboxylic acids is 2. The highest BCUT2D eigenvalue weighted by Gasteiger charge is 2.33. The Kier molecular flexibility index (Phi) is 8.62. The lowest BCUT2D eigenvalue weighted by molar-refractivity contribution is -0.150. The topological polar surface area (TPSA) is 91.4 Å².